The van der Waals surface area contributed by atoms with Crippen molar-refractivity contribution in [2.45, 2.75) is 6.61 Å². The van der Waals surface area contributed by atoms with E-state index in [1.54, 1.807) is 13.2 Å². The molecule has 3 N–H and O–H groups in total. The quantitative estimate of drug-likeness (QED) is 0.490. The Bertz CT molecular complexity index is 615. The van der Waals surface area contributed by atoms with Crippen molar-refractivity contribution in [3.8, 4) is 11.5 Å². The molecule has 0 atom stereocenters. The lowest BCUT2D eigenvalue weighted by molar-refractivity contribution is 0.0957. The maximum absolute atomic E-state index is 11.4. The number of nitrogen functional groups attached to an aromatic ring is 1. The van der Waals surface area contributed by atoms with Crippen molar-refractivity contribution in [1.82, 2.24) is 5.43 Å². The molecule has 0 aliphatic carbocycles. The maximum atomic E-state index is 11.4. The van der Waals surface area contributed by atoms with Crippen molar-refractivity contribution in [2.24, 2.45) is 5.84 Å². The van der Waals surface area contributed by atoms with Crippen LogP contribution in [0.4, 0.5) is 0 Å². The number of amides is 1. The average Bonchev–Trinajstić information content (AvgIpc) is 2.93. The molecule has 7 heteroatoms. The monoisotopic (exact) mass is 356 g/mol. The third kappa shape index (κ3) is 3.30. The topological polar surface area (TPSA) is 73.6 Å². The van der Waals surface area contributed by atoms with E-state index < -0.39 is 0 Å². The van der Waals surface area contributed by atoms with Gasteiger partial charge in [0.1, 0.15) is 6.61 Å². The number of nitrogens with one attached hydrogen (secondary N) is 1. The lowest BCUT2D eigenvalue weighted by atomic mass is 10.3. The molecular weight excluding hydrogens is 344 g/mol. The van der Waals surface area contributed by atoms with Gasteiger partial charge in [-0.25, -0.2) is 5.84 Å². The van der Waals surface area contributed by atoms with E-state index in [0.29, 0.717) is 23.0 Å². The number of hydrogen-bond acceptors (Lipinski definition) is 5. The number of thiophene rings is 1. The molecule has 1 aromatic heterocycles. The number of hydrazine groups is 1. The highest BCUT2D eigenvalue weighted by atomic mass is 79.9. The van der Waals surface area contributed by atoms with Gasteiger partial charge in [0.2, 0.25) is 0 Å². The minimum absolute atomic E-state index is 0.306. The number of rotatable bonds is 5. The zero-order chi connectivity index (χ0) is 14.5. The molecule has 106 valence electrons. The van der Waals surface area contributed by atoms with Crippen molar-refractivity contribution < 1.29 is 14.3 Å². The van der Waals surface area contributed by atoms with E-state index in [1.807, 2.05) is 24.3 Å². The first-order chi connectivity index (χ1) is 9.65. The number of carbonyl (C=O) groups is 1. The Kier molecular flexibility index (Phi) is 4.99. The zero-order valence-electron chi connectivity index (χ0n) is 10.7. The van der Waals surface area contributed by atoms with Gasteiger partial charge in [-0.1, -0.05) is 6.07 Å². The van der Waals surface area contributed by atoms with E-state index in [4.69, 9.17) is 15.3 Å². The van der Waals surface area contributed by atoms with Gasteiger partial charge in [0.25, 0.3) is 5.91 Å². The fourth-order valence-electron chi connectivity index (χ4n) is 1.58. The molecule has 2 rings (SSSR count). The van der Waals surface area contributed by atoms with Crippen molar-refractivity contribution in [2.75, 3.05) is 7.11 Å². The number of ether oxygens (including phenoxy) is 2. The molecule has 0 saturated carbocycles. The fourth-order valence-corrected chi connectivity index (χ4v) is 2.87. The molecular formula is C13H13BrN2O3S. The largest absolute Gasteiger partial charge is 0.493 e. The average molecular weight is 357 g/mol. The normalized spacial score (nSPS) is 10.2. The van der Waals surface area contributed by atoms with Crippen LogP contribution in [0.1, 0.15) is 14.5 Å². The SMILES string of the molecule is COc1cccc(Br)c1OCc1ccc(C(=O)NN)s1. The molecule has 0 aliphatic rings. The highest BCUT2D eigenvalue weighted by Crippen LogP contribution is 2.35. The first-order valence-electron chi connectivity index (χ1n) is 5.70. The van der Waals surface area contributed by atoms with E-state index in [9.17, 15) is 4.79 Å². The number of benzene rings is 1. The number of carbonyl (C=O) groups excluding carboxylic acids is 1. The molecule has 1 heterocycles. The fraction of sp³-hybridized carbons (Fsp3) is 0.154. The zero-order valence-corrected chi connectivity index (χ0v) is 13.1. The molecule has 0 saturated heterocycles. The lowest BCUT2D eigenvalue weighted by Crippen LogP contribution is -2.29. The molecule has 0 spiro atoms. The van der Waals surface area contributed by atoms with Crippen molar-refractivity contribution >= 4 is 33.2 Å². The summed E-state index contributed by atoms with van der Waals surface area (Å²) in [4.78, 5) is 12.8. The molecule has 5 nitrogen and oxygen atoms in total. The van der Waals surface area contributed by atoms with Crippen LogP contribution in [0, 0.1) is 0 Å². The van der Waals surface area contributed by atoms with Crippen LogP contribution in [-0.4, -0.2) is 13.0 Å². The van der Waals surface area contributed by atoms with E-state index in [-0.39, 0.29) is 5.91 Å². The Hall–Kier alpha value is -1.57. The van der Waals surface area contributed by atoms with Crippen LogP contribution in [0.5, 0.6) is 11.5 Å². The van der Waals surface area contributed by atoms with Crippen LogP contribution in [0.25, 0.3) is 0 Å². The summed E-state index contributed by atoms with van der Waals surface area (Å²) >= 11 is 4.75. The molecule has 0 fully saturated rings. The van der Waals surface area contributed by atoms with E-state index in [2.05, 4.69) is 21.4 Å². The first-order valence-corrected chi connectivity index (χ1v) is 7.31. The van der Waals surface area contributed by atoms with Crippen LogP contribution >= 0.6 is 27.3 Å². The lowest BCUT2D eigenvalue weighted by Gasteiger charge is -2.11. The van der Waals surface area contributed by atoms with Gasteiger partial charge in [0, 0.05) is 4.88 Å². The summed E-state index contributed by atoms with van der Waals surface area (Å²) < 4.78 is 11.8. The second kappa shape index (κ2) is 6.74. The standard InChI is InChI=1S/C13H13BrN2O3S/c1-18-10-4-2-3-9(14)12(10)19-7-8-5-6-11(20-8)13(17)16-15/h2-6H,7,15H2,1H3,(H,16,17). The number of nitrogens with two attached hydrogens (primary N) is 1. The van der Waals surface area contributed by atoms with Gasteiger partial charge in [-0.15, -0.1) is 11.3 Å². The van der Waals surface area contributed by atoms with Crippen molar-refractivity contribution in [3.05, 3.63) is 44.6 Å². The summed E-state index contributed by atoms with van der Waals surface area (Å²) in [6.45, 7) is 0.349. The third-order valence-corrected chi connectivity index (χ3v) is 4.21. The highest BCUT2D eigenvalue weighted by Gasteiger charge is 2.11. The second-order valence-corrected chi connectivity index (χ2v) is 5.82. The van der Waals surface area contributed by atoms with Crippen molar-refractivity contribution in [1.29, 1.82) is 0 Å². The van der Waals surface area contributed by atoms with Crippen LogP contribution in [-0.2, 0) is 6.61 Å². The van der Waals surface area contributed by atoms with Gasteiger partial charge >= 0.3 is 0 Å². The van der Waals surface area contributed by atoms with Crippen LogP contribution in [0.2, 0.25) is 0 Å². The predicted octanol–water partition coefficient (Wildman–Crippen LogP) is 2.70. The summed E-state index contributed by atoms with van der Waals surface area (Å²) in [5.74, 6) is 6.06. The summed E-state index contributed by atoms with van der Waals surface area (Å²) in [6, 6.07) is 9.10. The molecule has 0 radical (unpaired) electrons. The number of halogens is 1. The van der Waals surface area contributed by atoms with Crippen molar-refractivity contribution in [3.63, 3.8) is 0 Å². The molecule has 0 bridgehead atoms. The molecule has 0 aliphatic heterocycles. The minimum Gasteiger partial charge on any atom is -0.493 e. The number of methoxy groups -OCH3 is 1. The van der Waals surface area contributed by atoms with E-state index in [0.717, 1.165) is 9.35 Å². The van der Waals surface area contributed by atoms with E-state index >= 15 is 0 Å². The van der Waals surface area contributed by atoms with E-state index in [1.165, 1.54) is 11.3 Å². The van der Waals surface area contributed by atoms with Crippen LogP contribution < -0.4 is 20.7 Å². The number of hydrogen-bond donors (Lipinski definition) is 2. The highest BCUT2D eigenvalue weighted by molar-refractivity contribution is 9.10. The Morgan fingerprint density at radius 3 is 2.90 bits per heavy atom. The maximum Gasteiger partial charge on any atom is 0.275 e. The molecule has 1 amide bonds. The van der Waals surface area contributed by atoms with Gasteiger partial charge in [-0.05, 0) is 40.2 Å². The minimum atomic E-state index is -0.306. The van der Waals surface area contributed by atoms with Gasteiger partial charge in [-0.2, -0.15) is 0 Å². The van der Waals surface area contributed by atoms with Crippen LogP contribution in [0.3, 0.4) is 0 Å². The molecule has 20 heavy (non-hydrogen) atoms. The van der Waals surface area contributed by atoms with Crippen LogP contribution in [0.15, 0.2) is 34.8 Å². The Balaban J connectivity index is 2.09. The van der Waals surface area contributed by atoms with Gasteiger partial charge in [0.05, 0.1) is 16.5 Å². The summed E-state index contributed by atoms with van der Waals surface area (Å²) in [5.41, 5.74) is 2.10. The van der Waals surface area contributed by atoms with Gasteiger partial charge < -0.3 is 9.47 Å². The molecule has 0 unspecified atom stereocenters. The first kappa shape index (κ1) is 14.8. The number of para-hydroxylation sites is 1. The predicted molar refractivity (Wildman–Crippen MR) is 81.0 cm³/mol. The second-order valence-electron chi connectivity index (χ2n) is 3.80. The molecule has 2 aromatic rings. The van der Waals surface area contributed by atoms with Gasteiger partial charge in [-0.3, -0.25) is 10.2 Å². The Labute approximate surface area is 128 Å². The Morgan fingerprint density at radius 2 is 2.20 bits per heavy atom. The van der Waals surface area contributed by atoms with Gasteiger partial charge in [0.15, 0.2) is 11.5 Å². The summed E-state index contributed by atoms with van der Waals surface area (Å²) in [6.07, 6.45) is 0. The third-order valence-electron chi connectivity index (χ3n) is 2.53. The Morgan fingerprint density at radius 1 is 1.40 bits per heavy atom. The molecule has 1 aromatic carbocycles. The summed E-state index contributed by atoms with van der Waals surface area (Å²) in [7, 11) is 1.59. The smallest absolute Gasteiger partial charge is 0.275 e. The summed E-state index contributed by atoms with van der Waals surface area (Å²) in [5, 5.41) is 0.